The lowest BCUT2D eigenvalue weighted by Crippen LogP contribution is -2.23. The summed E-state index contributed by atoms with van der Waals surface area (Å²) in [6, 6.07) is 0. The number of carbonyl (C=O) groups is 1. The molecule has 0 radical (unpaired) electrons. The van der Waals surface area contributed by atoms with Gasteiger partial charge in [0, 0.05) is 6.61 Å². The van der Waals surface area contributed by atoms with Gasteiger partial charge in [0.05, 0.1) is 0 Å². The number of unbranched alkanes of at least 4 members (excludes halogenated alkanes) is 6. The van der Waals surface area contributed by atoms with Crippen molar-refractivity contribution in [1.82, 2.24) is 0 Å². The Balaban J connectivity index is 3.39. The highest BCUT2D eigenvalue weighted by molar-refractivity contribution is 5.72. The van der Waals surface area contributed by atoms with Crippen LogP contribution < -0.4 is 0 Å². The topological polar surface area (TPSA) is 46.5 Å². The van der Waals surface area contributed by atoms with Crippen molar-refractivity contribution in [2.24, 2.45) is 0 Å². The van der Waals surface area contributed by atoms with Gasteiger partial charge in [-0.2, -0.15) is 0 Å². The zero-order valence-corrected chi connectivity index (χ0v) is 16.3. The van der Waals surface area contributed by atoms with Gasteiger partial charge in [-0.1, -0.05) is 75.5 Å². The Morgan fingerprint density at radius 3 is 2.00 bits per heavy atom. The second-order valence-electron chi connectivity index (χ2n) is 6.27. The minimum atomic E-state index is -0.832. The molecule has 0 heterocycles. The van der Waals surface area contributed by atoms with Gasteiger partial charge < -0.3 is 9.84 Å². The van der Waals surface area contributed by atoms with E-state index in [1.54, 1.807) is 0 Å². The number of carboxylic acids is 1. The van der Waals surface area contributed by atoms with Crippen LogP contribution in [0.4, 0.5) is 0 Å². The van der Waals surface area contributed by atoms with E-state index < -0.39 is 12.1 Å². The van der Waals surface area contributed by atoms with Crippen molar-refractivity contribution in [1.29, 1.82) is 0 Å². The minimum Gasteiger partial charge on any atom is -0.479 e. The first-order chi connectivity index (χ1) is 12.2. The van der Waals surface area contributed by atoms with Gasteiger partial charge in [-0.3, -0.25) is 0 Å². The van der Waals surface area contributed by atoms with Gasteiger partial charge in [0.25, 0.3) is 0 Å². The van der Waals surface area contributed by atoms with Crippen LogP contribution in [-0.4, -0.2) is 23.8 Å². The zero-order chi connectivity index (χ0) is 18.6. The third kappa shape index (κ3) is 17.3. The molecule has 1 N–H and O–H groups in total. The third-order valence-corrected chi connectivity index (χ3v) is 4.01. The van der Waals surface area contributed by atoms with Crippen LogP contribution in [0.3, 0.4) is 0 Å². The van der Waals surface area contributed by atoms with Crippen molar-refractivity contribution in [3.05, 3.63) is 36.5 Å². The molecule has 0 saturated heterocycles. The Hall–Kier alpha value is -1.35. The van der Waals surface area contributed by atoms with E-state index in [0.717, 1.165) is 38.5 Å². The Morgan fingerprint density at radius 1 is 0.840 bits per heavy atom. The van der Waals surface area contributed by atoms with E-state index in [-0.39, 0.29) is 0 Å². The number of hydrogen-bond donors (Lipinski definition) is 1. The largest absolute Gasteiger partial charge is 0.479 e. The molecule has 0 spiro atoms. The lowest BCUT2D eigenvalue weighted by molar-refractivity contribution is -0.150. The number of ether oxygens (including phenoxy) is 1. The quantitative estimate of drug-likeness (QED) is 0.242. The molecule has 0 aromatic carbocycles. The summed E-state index contributed by atoms with van der Waals surface area (Å²) in [7, 11) is 0. The standard InChI is InChI=1S/C22H38O3/c1-3-5-6-7-8-9-10-11-12-13-14-15-16-17-18-19-20-21(22(23)24)25-4-2/h5-6,8-9,11-12,21H,3-4,7,10,13-20H2,1-2H3,(H,23,24). The molecule has 0 fully saturated rings. The molecule has 144 valence electrons. The summed E-state index contributed by atoms with van der Waals surface area (Å²) in [4.78, 5) is 10.9. The van der Waals surface area contributed by atoms with Crippen LogP contribution in [0, 0.1) is 0 Å². The van der Waals surface area contributed by atoms with Crippen molar-refractivity contribution in [3.63, 3.8) is 0 Å². The highest BCUT2D eigenvalue weighted by Gasteiger charge is 2.16. The molecule has 0 rings (SSSR count). The van der Waals surface area contributed by atoms with E-state index in [1.807, 2.05) is 6.92 Å². The summed E-state index contributed by atoms with van der Waals surface area (Å²) in [5.74, 6) is -0.832. The maximum Gasteiger partial charge on any atom is 0.332 e. The van der Waals surface area contributed by atoms with Gasteiger partial charge in [0.15, 0.2) is 6.10 Å². The molecule has 0 bridgehead atoms. The van der Waals surface area contributed by atoms with E-state index in [4.69, 9.17) is 9.84 Å². The average Bonchev–Trinajstić information content (AvgIpc) is 2.60. The average molecular weight is 351 g/mol. The van der Waals surface area contributed by atoms with E-state index in [1.165, 1.54) is 25.7 Å². The van der Waals surface area contributed by atoms with Crippen molar-refractivity contribution in [3.8, 4) is 0 Å². The molecule has 25 heavy (non-hydrogen) atoms. The first-order valence-corrected chi connectivity index (χ1v) is 10.0. The first-order valence-electron chi connectivity index (χ1n) is 10.0. The summed E-state index contributed by atoms with van der Waals surface area (Å²) >= 11 is 0. The predicted molar refractivity (Wildman–Crippen MR) is 107 cm³/mol. The Bertz CT molecular complexity index is 383. The maximum absolute atomic E-state index is 10.9. The molecule has 0 aromatic heterocycles. The number of aliphatic carboxylic acids is 1. The molecular weight excluding hydrogens is 312 g/mol. The smallest absolute Gasteiger partial charge is 0.332 e. The summed E-state index contributed by atoms with van der Waals surface area (Å²) in [5, 5.41) is 8.99. The molecule has 3 heteroatoms. The monoisotopic (exact) mass is 350 g/mol. The molecule has 0 aliphatic rings. The SMILES string of the molecule is CCC=CCC=CCC=CCCCCCCCCC(OCC)C(=O)O. The van der Waals surface area contributed by atoms with Crippen molar-refractivity contribution >= 4 is 5.97 Å². The van der Waals surface area contributed by atoms with Gasteiger partial charge in [0.2, 0.25) is 0 Å². The molecule has 0 aliphatic heterocycles. The zero-order valence-electron chi connectivity index (χ0n) is 16.3. The summed E-state index contributed by atoms with van der Waals surface area (Å²) in [6.45, 7) is 4.46. The maximum atomic E-state index is 10.9. The van der Waals surface area contributed by atoms with E-state index in [9.17, 15) is 4.79 Å². The van der Waals surface area contributed by atoms with Crippen LogP contribution in [0.1, 0.15) is 84.5 Å². The van der Waals surface area contributed by atoms with E-state index >= 15 is 0 Å². The second-order valence-corrected chi connectivity index (χ2v) is 6.27. The van der Waals surface area contributed by atoms with Gasteiger partial charge in [-0.05, 0) is 45.4 Å². The van der Waals surface area contributed by atoms with Gasteiger partial charge in [0.1, 0.15) is 0 Å². The minimum absolute atomic E-state index is 0.468. The molecule has 0 saturated carbocycles. The van der Waals surface area contributed by atoms with Gasteiger partial charge in [-0.25, -0.2) is 4.79 Å². The molecule has 1 unspecified atom stereocenters. The first kappa shape index (κ1) is 23.6. The number of rotatable bonds is 17. The Morgan fingerprint density at radius 2 is 1.40 bits per heavy atom. The van der Waals surface area contributed by atoms with Crippen LogP contribution >= 0.6 is 0 Å². The summed E-state index contributed by atoms with van der Waals surface area (Å²) in [5.41, 5.74) is 0. The Kier molecular flexibility index (Phi) is 18.0. The lowest BCUT2D eigenvalue weighted by atomic mass is 10.1. The molecule has 0 aromatic rings. The second kappa shape index (κ2) is 19.0. The Labute approximate surface area is 154 Å². The molecular formula is C22H38O3. The van der Waals surface area contributed by atoms with Crippen molar-refractivity contribution in [2.45, 2.75) is 90.6 Å². The highest BCUT2D eigenvalue weighted by Crippen LogP contribution is 2.12. The third-order valence-electron chi connectivity index (χ3n) is 4.01. The summed E-state index contributed by atoms with van der Waals surface area (Å²) in [6.07, 6.45) is 24.7. The predicted octanol–water partition coefficient (Wildman–Crippen LogP) is 6.46. The van der Waals surface area contributed by atoms with Gasteiger partial charge >= 0.3 is 5.97 Å². The van der Waals surface area contributed by atoms with Crippen LogP contribution in [0.15, 0.2) is 36.5 Å². The number of allylic oxidation sites excluding steroid dienone is 6. The summed E-state index contributed by atoms with van der Waals surface area (Å²) < 4.78 is 5.21. The fourth-order valence-corrected chi connectivity index (χ4v) is 2.60. The lowest BCUT2D eigenvalue weighted by Gasteiger charge is -2.11. The van der Waals surface area contributed by atoms with Crippen molar-refractivity contribution in [2.75, 3.05) is 6.61 Å². The van der Waals surface area contributed by atoms with E-state index in [0.29, 0.717) is 13.0 Å². The van der Waals surface area contributed by atoms with E-state index in [2.05, 4.69) is 43.4 Å². The van der Waals surface area contributed by atoms with Crippen LogP contribution in [0.2, 0.25) is 0 Å². The van der Waals surface area contributed by atoms with Gasteiger partial charge in [-0.15, -0.1) is 0 Å². The van der Waals surface area contributed by atoms with Crippen LogP contribution in [-0.2, 0) is 9.53 Å². The molecule has 3 nitrogen and oxygen atoms in total. The highest BCUT2D eigenvalue weighted by atomic mass is 16.5. The number of carboxylic acid groups (broad SMARTS) is 1. The number of hydrogen-bond acceptors (Lipinski definition) is 2. The van der Waals surface area contributed by atoms with Crippen molar-refractivity contribution < 1.29 is 14.6 Å². The molecule has 0 aliphatic carbocycles. The fourth-order valence-electron chi connectivity index (χ4n) is 2.60. The normalized spacial score (nSPS) is 13.4. The fraction of sp³-hybridized carbons (Fsp3) is 0.682. The van der Waals surface area contributed by atoms with Crippen LogP contribution in [0.5, 0.6) is 0 Å². The molecule has 1 atom stereocenters. The molecule has 0 amide bonds. The van der Waals surface area contributed by atoms with Crippen LogP contribution in [0.25, 0.3) is 0 Å².